The Hall–Kier alpha value is -2.12. The standard InChI is InChI=1S/C20H22N2O3S2/c21-19(24)18(14-5-2-1-3-6-14)22-17(23)13-25-16-9-7-15(8-10-16)20-26-11-4-12-27-20/h1-3,5-10,18,20H,4,11-13H2,(H2,21,24)(H,22,23). The molecule has 0 saturated carbocycles. The summed E-state index contributed by atoms with van der Waals surface area (Å²) >= 11 is 3.92. The van der Waals surface area contributed by atoms with E-state index in [2.05, 4.69) is 5.32 Å². The molecule has 142 valence electrons. The predicted molar refractivity (Wildman–Crippen MR) is 111 cm³/mol. The van der Waals surface area contributed by atoms with E-state index in [-0.39, 0.29) is 6.61 Å². The number of hydrogen-bond donors (Lipinski definition) is 2. The summed E-state index contributed by atoms with van der Waals surface area (Å²) in [4.78, 5) is 23.8. The van der Waals surface area contributed by atoms with Crippen LogP contribution in [0.1, 0.15) is 28.2 Å². The fourth-order valence-electron chi connectivity index (χ4n) is 2.72. The van der Waals surface area contributed by atoms with E-state index < -0.39 is 17.9 Å². The van der Waals surface area contributed by atoms with E-state index >= 15 is 0 Å². The number of amides is 2. The van der Waals surface area contributed by atoms with Gasteiger partial charge in [-0.1, -0.05) is 42.5 Å². The molecule has 0 radical (unpaired) electrons. The summed E-state index contributed by atoms with van der Waals surface area (Å²) in [5, 5.41) is 2.62. The van der Waals surface area contributed by atoms with Gasteiger partial charge in [-0.2, -0.15) is 0 Å². The lowest BCUT2D eigenvalue weighted by Crippen LogP contribution is -2.39. The minimum Gasteiger partial charge on any atom is -0.484 e. The second kappa shape index (κ2) is 9.71. The van der Waals surface area contributed by atoms with Crippen molar-refractivity contribution in [1.82, 2.24) is 5.32 Å². The zero-order chi connectivity index (χ0) is 19.1. The van der Waals surface area contributed by atoms with Gasteiger partial charge in [0.2, 0.25) is 5.91 Å². The molecule has 1 aliphatic rings. The first-order valence-electron chi connectivity index (χ1n) is 8.73. The van der Waals surface area contributed by atoms with Crippen molar-refractivity contribution in [3.63, 3.8) is 0 Å². The van der Waals surface area contributed by atoms with Gasteiger partial charge >= 0.3 is 0 Å². The molecule has 27 heavy (non-hydrogen) atoms. The molecule has 3 rings (SSSR count). The fraction of sp³-hybridized carbons (Fsp3) is 0.300. The summed E-state index contributed by atoms with van der Waals surface area (Å²) in [6.45, 7) is -0.178. The molecule has 0 bridgehead atoms. The number of carbonyl (C=O) groups excluding carboxylic acids is 2. The van der Waals surface area contributed by atoms with Gasteiger partial charge in [0.05, 0.1) is 4.58 Å². The van der Waals surface area contributed by atoms with Crippen LogP contribution in [0, 0.1) is 0 Å². The quantitative estimate of drug-likeness (QED) is 0.743. The van der Waals surface area contributed by atoms with Crippen LogP contribution >= 0.6 is 23.5 Å². The van der Waals surface area contributed by atoms with Crippen molar-refractivity contribution >= 4 is 35.3 Å². The Labute approximate surface area is 167 Å². The molecule has 1 heterocycles. The lowest BCUT2D eigenvalue weighted by molar-refractivity contribution is -0.128. The Balaban J connectivity index is 1.53. The molecule has 1 aliphatic heterocycles. The summed E-state index contributed by atoms with van der Waals surface area (Å²) in [6.07, 6.45) is 1.26. The molecule has 2 aromatic rings. The summed E-state index contributed by atoms with van der Waals surface area (Å²) in [5.41, 5.74) is 7.32. The fourth-order valence-corrected chi connectivity index (χ4v) is 5.61. The van der Waals surface area contributed by atoms with E-state index in [9.17, 15) is 9.59 Å². The molecule has 1 unspecified atom stereocenters. The van der Waals surface area contributed by atoms with Gasteiger partial charge in [0.1, 0.15) is 11.8 Å². The van der Waals surface area contributed by atoms with Crippen LogP contribution in [0.5, 0.6) is 5.75 Å². The first-order valence-corrected chi connectivity index (χ1v) is 10.8. The number of nitrogens with two attached hydrogens (primary N) is 1. The van der Waals surface area contributed by atoms with E-state index in [0.717, 1.165) is 0 Å². The number of ether oxygens (including phenoxy) is 1. The zero-order valence-electron chi connectivity index (χ0n) is 14.8. The van der Waals surface area contributed by atoms with Crippen LogP contribution in [-0.4, -0.2) is 29.9 Å². The van der Waals surface area contributed by atoms with E-state index in [0.29, 0.717) is 15.9 Å². The predicted octanol–water partition coefficient (Wildman–Crippen LogP) is 3.28. The Morgan fingerprint density at radius 3 is 2.37 bits per heavy atom. The zero-order valence-corrected chi connectivity index (χ0v) is 16.4. The van der Waals surface area contributed by atoms with Crippen LogP contribution in [0.3, 0.4) is 0 Å². The largest absolute Gasteiger partial charge is 0.484 e. The molecular formula is C20H22N2O3S2. The first-order chi connectivity index (χ1) is 13.1. The number of carbonyl (C=O) groups is 2. The maximum atomic E-state index is 12.2. The highest BCUT2D eigenvalue weighted by molar-refractivity contribution is 8.16. The molecule has 0 aromatic heterocycles. The minimum absolute atomic E-state index is 0.178. The maximum Gasteiger partial charge on any atom is 0.258 e. The molecule has 7 heteroatoms. The highest BCUT2D eigenvalue weighted by Crippen LogP contribution is 2.43. The second-order valence-electron chi connectivity index (χ2n) is 6.10. The van der Waals surface area contributed by atoms with Gasteiger partial charge in [-0.25, -0.2) is 0 Å². The monoisotopic (exact) mass is 402 g/mol. The van der Waals surface area contributed by atoms with Crippen molar-refractivity contribution in [2.75, 3.05) is 18.1 Å². The lowest BCUT2D eigenvalue weighted by atomic mass is 10.1. The number of primary amides is 1. The third-order valence-corrected chi connectivity index (χ3v) is 7.09. The van der Waals surface area contributed by atoms with E-state index in [4.69, 9.17) is 10.5 Å². The Morgan fingerprint density at radius 2 is 1.74 bits per heavy atom. The summed E-state index contributed by atoms with van der Waals surface area (Å²) in [7, 11) is 0. The second-order valence-corrected chi connectivity index (χ2v) is 8.82. The van der Waals surface area contributed by atoms with Crippen LogP contribution < -0.4 is 15.8 Å². The molecule has 1 saturated heterocycles. The van der Waals surface area contributed by atoms with Crippen molar-refractivity contribution in [2.24, 2.45) is 5.73 Å². The van der Waals surface area contributed by atoms with Gasteiger partial charge in [-0.05, 0) is 41.2 Å². The molecule has 1 atom stereocenters. The van der Waals surface area contributed by atoms with Gasteiger partial charge in [0.25, 0.3) is 5.91 Å². The Morgan fingerprint density at radius 1 is 1.07 bits per heavy atom. The molecular weight excluding hydrogens is 380 g/mol. The van der Waals surface area contributed by atoms with Crippen molar-refractivity contribution in [1.29, 1.82) is 0 Å². The highest BCUT2D eigenvalue weighted by Gasteiger charge is 2.20. The van der Waals surface area contributed by atoms with Crippen molar-refractivity contribution < 1.29 is 14.3 Å². The summed E-state index contributed by atoms with van der Waals surface area (Å²) in [6, 6.07) is 15.9. The van der Waals surface area contributed by atoms with Gasteiger partial charge in [0, 0.05) is 0 Å². The molecule has 3 N–H and O–H groups in total. The molecule has 0 spiro atoms. The number of nitrogens with one attached hydrogen (secondary N) is 1. The van der Waals surface area contributed by atoms with Crippen molar-refractivity contribution in [3.8, 4) is 5.75 Å². The highest BCUT2D eigenvalue weighted by atomic mass is 32.2. The number of rotatable bonds is 7. The van der Waals surface area contributed by atoms with Crippen LogP contribution in [0.4, 0.5) is 0 Å². The normalized spacial score (nSPS) is 15.7. The van der Waals surface area contributed by atoms with E-state index in [1.807, 2.05) is 53.9 Å². The minimum atomic E-state index is -0.870. The average molecular weight is 403 g/mol. The van der Waals surface area contributed by atoms with E-state index in [1.165, 1.54) is 23.5 Å². The van der Waals surface area contributed by atoms with Crippen LogP contribution in [0.2, 0.25) is 0 Å². The number of benzene rings is 2. The Kier molecular flexibility index (Phi) is 7.06. The number of hydrogen-bond acceptors (Lipinski definition) is 5. The molecule has 0 aliphatic carbocycles. The smallest absolute Gasteiger partial charge is 0.258 e. The molecule has 2 amide bonds. The Bertz CT molecular complexity index is 763. The number of thioether (sulfide) groups is 2. The topological polar surface area (TPSA) is 81.4 Å². The van der Waals surface area contributed by atoms with Gasteiger partial charge in [-0.3, -0.25) is 9.59 Å². The molecule has 2 aromatic carbocycles. The maximum absolute atomic E-state index is 12.2. The average Bonchev–Trinajstić information content (AvgIpc) is 2.72. The first kappa shape index (κ1) is 19.6. The SMILES string of the molecule is NC(=O)C(NC(=O)COc1ccc(C2SCCCS2)cc1)c1ccccc1. The van der Waals surface area contributed by atoms with Crippen LogP contribution in [-0.2, 0) is 9.59 Å². The summed E-state index contributed by atoms with van der Waals surface area (Å²) < 4.78 is 6.02. The van der Waals surface area contributed by atoms with Gasteiger partial charge in [-0.15, -0.1) is 23.5 Å². The third kappa shape index (κ3) is 5.68. The van der Waals surface area contributed by atoms with Crippen molar-refractivity contribution in [2.45, 2.75) is 17.0 Å². The summed E-state index contributed by atoms with van der Waals surface area (Å²) in [5.74, 6) is 2.00. The van der Waals surface area contributed by atoms with Crippen molar-refractivity contribution in [3.05, 3.63) is 65.7 Å². The van der Waals surface area contributed by atoms with Crippen LogP contribution in [0.15, 0.2) is 54.6 Å². The molecule has 5 nitrogen and oxygen atoms in total. The third-order valence-electron chi connectivity index (χ3n) is 4.07. The van der Waals surface area contributed by atoms with Gasteiger partial charge < -0.3 is 15.8 Å². The lowest BCUT2D eigenvalue weighted by Gasteiger charge is -2.21. The van der Waals surface area contributed by atoms with Gasteiger partial charge in [0.15, 0.2) is 6.61 Å². The van der Waals surface area contributed by atoms with E-state index in [1.54, 1.807) is 24.3 Å². The molecule has 1 fully saturated rings. The van der Waals surface area contributed by atoms with Crippen LogP contribution in [0.25, 0.3) is 0 Å².